The van der Waals surface area contributed by atoms with Gasteiger partial charge in [0.15, 0.2) is 0 Å². The highest BCUT2D eigenvalue weighted by Crippen LogP contribution is 2.24. The van der Waals surface area contributed by atoms with Gasteiger partial charge in [-0.1, -0.05) is 37.8 Å². The monoisotopic (exact) mass is 196 g/mol. The summed E-state index contributed by atoms with van der Waals surface area (Å²) >= 11 is 0. The lowest BCUT2D eigenvalue weighted by molar-refractivity contribution is 0.283. The van der Waals surface area contributed by atoms with Crippen molar-refractivity contribution >= 4 is 0 Å². The predicted octanol–water partition coefficient (Wildman–Crippen LogP) is 3.68. The highest BCUT2D eigenvalue weighted by atomic mass is 16.2. The first-order valence-electron chi connectivity index (χ1n) is 6.21. The minimum Gasteiger partial charge on any atom is -0.396 e. The summed E-state index contributed by atoms with van der Waals surface area (Å²) in [5.74, 6) is 0.876. The Bertz CT molecular complexity index is 145. The normalized spacial score (nSPS) is 19.2. The van der Waals surface area contributed by atoms with E-state index in [4.69, 9.17) is 5.11 Å². The zero-order chi connectivity index (χ0) is 10.1. The SMILES string of the molecule is OCCCCC/C=C/C1CCCCC1. The number of aliphatic hydroxyl groups excluding tert-OH is 1. The predicted molar refractivity (Wildman–Crippen MR) is 61.3 cm³/mol. The molecule has 14 heavy (non-hydrogen) atoms. The second kappa shape index (κ2) is 8.05. The molecule has 1 heteroatoms. The Hall–Kier alpha value is -0.300. The minimum absolute atomic E-state index is 0.354. The summed E-state index contributed by atoms with van der Waals surface area (Å²) < 4.78 is 0. The topological polar surface area (TPSA) is 20.2 Å². The fourth-order valence-electron chi connectivity index (χ4n) is 2.17. The molecule has 1 rings (SSSR count). The van der Waals surface area contributed by atoms with Crippen LogP contribution in [-0.2, 0) is 0 Å². The summed E-state index contributed by atoms with van der Waals surface area (Å²) in [5, 5.41) is 8.61. The van der Waals surface area contributed by atoms with E-state index >= 15 is 0 Å². The molecule has 0 aromatic heterocycles. The van der Waals surface area contributed by atoms with Crippen LogP contribution in [0.3, 0.4) is 0 Å². The largest absolute Gasteiger partial charge is 0.396 e. The van der Waals surface area contributed by atoms with Gasteiger partial charge in [-0.15, -0.1) is 0 Å². The van der Waals surface area contributed by atoms with Crippen LogP contribution in [-0.4, -0.2) is 11.7 Å². The maximum absolute atomic E-state index is 8.61. The summed E-state index contributed by atoms with van der Waals surface area (Å²) in [6, 6.07) is 0. The van der Waals surface area contributed by atoms with Crippen LogP contribution in [0.5, 0.6) is 0 Å². The van der Waals surface area contributed by atoms with E-state index < -0.39 is 0 Å². The smallest absolute Gasteiger partial charge is 0.0431 e. The van der Waals surface area contributed by atoms with E-state index in [1.165, 1.54) is 51.4 Å². The zero-order valence-corrected chi connectivity index (χ0v) is 9.25. The highest BCUT2D eigenvalue weighted by Gasteiger charge is 2.08. The van der Waals surface area contributed by atoms with E-state index in [0.717, 1.165) is 12.3 Å². The standard InChI is InChI=1S/C13H24O/c14-12-8-3-1-2-5-9-13-10-6-4-7-11-13/h5,9,13-14H,1-4,6-8,10-12H2/b9-5+. The molecule has 82 valence electrons. The van der Waals surface area contributed by atoms with Gasteiger partial charge in [-0.2, -0.15) is 0 Å². The summed E-state index contributed by atoms with van der Waals surface area (Å²) in [7, 11) is 0. The minimum atomic E-state index is 0.354. The third-order valence-electron chi connectivity index (χ3n) is 3.09. The van der Waals surface area contributed by atoms with Crippen molar-refractivity contribution in [3.8, 4) is 0 Å². The molecule has 1 nitrogen and oxygen atoms in total. The molecule has 1 aliphatic rings. The maximum Gasteiger partial charge on any atom is 0.0431 e. The molecule has 1 aliphatic carbocycles. The van der Waals surface area contributed by atoms with Crippen molar-refractivity contribution in [1.29, 1.82) is 0 Å². The van der Waals surface area contributed by atoms with E-state index in [2.05, 4.69) is 12.2 Å². The van der Waals surface area contributed by atoms with Gasteiger partial charge in [0.25, 0.3) is 0 Å². The van der Waals surface area contributed by atoms with Crippen LogP contribution in [0.1, 0.15) is 57.8 Å². The van der Waals surface area contributed by atoms with Gasteiger partial charge in [-0.25, -0.2) is 0 Å². The first-order valence-corrected chi connectivity index (χ1v) is 6.21. The molecule has 0 aromatic carbocycles. The number of hydrogen-bond donors (Lipinski definition) is 1. The van der Waals surface area contributed by atoms with Crippen molar-refractivity contribution in [2.24, 2.45) is 5.92 Å². The lowest BCUT2D eigenvalue weighted by Gasteiger charge is -2.17. The van der Waals surface area contributed by atoms with Gasteiger partial charge < -0.3 is 5.11 Å². The molecule has 0 aromatic rings. The summed E-state index contributed by atoms with van der Waals surface area (Å²) in [6.07, 6.45) is 16.5. The van der Waals surface area contributed by atoms with Crippen LogP contribution in [0.2, 0.25) is 0 Å². The lowest BCUT2D eigenvalue weighted by Crippen LogP contribution is -2.02. The molecule has 1 fully saturated rings. The van der Waals surface area contributed by atoms with Crippen LogP contribution in [0, 0.1) is 5.92 Å². The fraction of sp³-hybridized carbons (Fsp3) is 0.846. The number of aliphatic hydroxyl groups is 1. The average Bonchev–Trinajstić information content (AvgIpc) is 2.25. The molecule has 0 amide bonds. The lowest BCUT2D eigenvalue weighted by atomic mass is 9.89. The van der Waals surface area contributed by atoms with E-state index in [1.54, 1.807) is 0 Å². The average molecular weight is 196 g/mol. The summed E-state index contributed by atoms with van der Waals surface area (Å²) in [6.45, 7) is 0.354. The summed E-state index contributed by atoms with van der Waals surface area (Å²) in [4.78, 5) is 0. The Labute approximate surface area is 88.2 Å². The van der Waals surface area contributed by atoms with Gasteiger partial charge in [0.1, 0.15) is 0 Å². The Morgan fingerprint density at radius 3 is 2.50 bits per heavy atom. The second-order valence-corrected chi connectivity index (χ2v) is 4.40. The first-order chi connectivity index (χ1) is 6.93. The number of unbranched alkanes of at least 4 members (excludes halogenated alkanes) is 3. The van der Waals surface area contributed by atoms with Gasteiger partial charge in [0, 0.05) is 6.61 Å². The van der Waals surface area contributed by atoms with E-state index in [9.17, 15) is 0 Å². The second-order valence-electron chi connectivity index (χ2n) is 4.40. The van der Waals surface area contributed by atoms with Crippen LogP contribution in [0.25, 0.3) is 0 Å². The van der Waals surface area contributed by atoms with Crippen LogP contribution < -0.4 is 0 Å². The Morgan fingerprint density at radius 2 is 1.79 bits per heavy atom. The molecular formula is C13H24O. The van der Waals surface area contributed by atoms with Crippen molar-refractivity contribution in [2.75, 3.05) is 6.61 Å². The highest BCUT2D eigenvalue weighted by molar-refractivity contribution is 4.89. The fourth-order valence-corrected chi connectivity index (χ4v) is 2.17. The zero-order valence-electron chi connectivity index (χ0n) is 9.25. The van der Waals surface area contributed by atoms with Crippen LogP contribution in [0.15, 0.2) is 12.2 Å². The van der Waals surface area contributed by atoms with Gasteiger partial charge in [-0.3, -0.25) is 0 Å². The first kappa shape index (κ1) is 11.8. The number of allylic oxidation sites excluding steroid dienone is 2. The maximum atomic E-state index is 8.61. The van der Waals surface area contributed by atoms with Gasteiger partial charge in [0.2, 0.25) is 0 Å². The third-order valence-corrected chi connectivity index (χ3v) is 3.09. The van der Waals surface area contributed by atoms with Crippen molar-refractivity contribution in [1.82, 2.24) is 0 Å². The molecule has 1 N–H and O–H groups in total. The van der Waals surface area contributed by atoms with Gasteiger partial charge in [0.05, 0.1) is 0 Å². The van der Waals surface area contributed by atoms with Gasteiger partial charge >= 0.3 is 0 Å². The number of rotatable bonds is 6. The van der Waals surface area contributed by atoms with Crippen molar-refractivity contribution in [3.05, 3.63) is 12.2 Å². The van der Waals surface area contributed by atoms with Crippen molar-refractivity contribution < 1.29 is 5.11 Å². The van der Waals surface area contributed by atoms with E-state index in [0.29, 0.717) is 6.61 Å². The van der Waals surface area contributed by atoms with Crippen molar-refractivity contribution in [2.45, 2.75) is 57.8 Å². The van der Waals surface area contributed by atoms with Crippen LogP contribution >= 0.6 is 0 Å². The molecule has 0 radical (unpaired) electrons. The number of hydrogen-bond acceptors (Lipinski definition) is 1. The molecule has 0 atom stereocenters. The molecule has 0 heterocycles. The quantitative estimate of drug-likeness (QED) is 0.507. The summed E-state index contributed by atoms with van der Waals surface area (Å²) in [5.41, 5.74) is 0. The molecule has 0 saturated heterocycles. The molecule has 0 unspecified atom stereocenters. The Morgan fingerprint density at radius 1 is 1.00 bits per heavy atom. The van der Waals surface area contributed by atoms with E-state index in [1.807, 2.05) is 0 Å². The molecule has 1 saturated carbocycles. The Balaban J connectivity index is 1.96. The van der Waals surface area contributed by atoms with Crippen LogP contribution in [0.4, 0.5) is 0 Å². The third kappa shape index (κ3) is 5.43. The Kier molecular flexibility index (Phi) is 6.77. The molecule has 0 bridgehead atoms. The van der Waals surface area contributed by atoms with E-state index in [-0.39, 0.29) is 0 Å². The van der Waals surface area contributed by atoms with Gasteiger partial charge in [-0.05, 0) is 38.0 Å². The molecular weight excluding hydrogens is 172 g/mol. The van der Waals surface area contributed by atoms with Crippen molar-refractivity contribution in [3.63, 3.8) is 0 Å². The molecule has 0 spiro atoms. The molecule has 0 aliphatic heterocycles.